The molecule has 2 rings (SSSR count). The first-order valence-electron chi connectivity index (χ1n) is 8.67. The third kappa shape index (κ3) is 10.4. The highest BCUT2D eigenvalue weighted by atomic mass is 127. The van der Waals surface area contributed by atoms with Crippen LogP contribution in [0.15, 0.2) is 4.99 Å². The molecule has 1 saturated carbocycles. The summed E-state index contributed by atoms with van der Waals surface area (Å²) < 4.78 is 16.6. The van der Waals surface area contributed by atoms with Crippen LogP contribution in [0.3, 0.4) is 0 Å². The van der Waals surface area contributed by atoms with Gasteiger partial charge in [-0.25, -0.2) is 0 Å². The number of rotatable bonds is 11. The number of hydrogen-bond donors (Lipinski definition) is 2. The van der Waals surface area contributed by atoms with Crippen molar-refractivity contribution in [2.45, 2.75) is 38.7 Å². The largest absolute Gasteiger partial charge is 0.379 e. The van der Waals surface area contributed by atoms with E-state index >= 15 is 0 Å². The summed E-state index contributed by atoms with van der Waals surface area (Å²) in [5, 5.41) is 6.55. The SMILES string of the molecule is CCNC(=NCCCOC1CCOC1)NCCOCC1CC1.I. The highest BCUT2D eigenvalue weighted by molar-refractivity contribution is 14.0. The average Bonchev–Trinajstić information content (AvgIpc) is 3.20. The number of nitrogens with zero attached hydrogens (tertiary/aromatic N) is 1. The molecule has 1 unspecified atom stereocenters. The fraction of sp³-hybridized carbons (Fsp3) is 0.938. The molecule has 136 valence electrons. The molecule has 1 aliphatic carbocycles. The van der Waals surface area contributed by atoms with E-state index < -0.39 is 0 Å². The summed E-state index contributed by atoms with van der Waals surface area (Å²) in [6, 6.07) is 0. The molecule has 0 aromatic rings. The number of ether oxygens (including phenoxy) is 3. The number of aliphatic imine (C=N–C) groups is 1. The van der Waals surface area contributed by atoms with Crippen LogP contribution < -0.4 is 10.6 Å². The normalized spacial score (nSPS) is 21.1. The lowest BCUT2D eigenvalue weighted by molar-refractivity contribution is 0.0424. The van der Waals surface area contributed by atoms with Gasteiger partial charge >= 0.3 is 0 Å². The summed E-state index contributed by atoms with van der Waals surface area (Å²) in [5.41, 5.74) is 0. The highest BCUT2D eigenvalue weighted by Gasteiger charge is 2.20. The first-order valence-corrected chi connectivity index (χ1v) is 8.67. The Bertz CT molecular complexity index is 322. The van der Waals surface area contributed by atoms with E-state index in [0.717, 1.165) is 77.4 Å². The zero-order valence-corrected chi connectivity index (χ0v) is 16.6. The molecule has 0 bridgehead atoms. The Kier molecular flexibility index (Phi) is 12.0. The van der Waals surface area contributed by atoms with Crippen molar-refractivity contribution in [3.8, 4) is 0 Å². The average molecular weight is 441 g/mol. The molecule has 1 heterocycles. The zero-order valence-electron chi connectivity index (χ0n) is 14.2. The predicted octanol–water partition coefficient (Wildman–Crippen LogP) is 1.78. The molecule has 23 heavy (non-hydrogen) atoms. The maximum atomic E-state index is 5.73. The monoisotopic (exact) mass is 441 g/mol. The molecule has 6 nitrogen and oxygen atoms in total. The number of guanidine groups is 1. The Morgan fingerprint density at radius 2 is 2.09 bits per heavy atom. The van der Waals surface area contributed by atoms with E-state index in [-0.39, 0.29) is 24.0 Å². The smallest absolute Gasteiger partial charge is 0.191 e. The summed E-state index contributed by atoms with van der Waals surface area (Å²) >= 11 is 0. The summed E-state index contributed by atoms with van der Waals surface area (Å²) in [7, 11) is 0. The van der Waals surface area contributed by atoms with Crippen molar-refractivity contribution >= 4 is 29.9 Å². The fourth-order valence-electron chi connectivity index (χ4n) is 2.27. The molecule has 0 amide bonds. The quantitative estimate of drug-likeness (QED) is 0.222. The van der Waals surface area contributed by atoms with Crippen molar-refractivity contribution in [1.82, 2.24) is 10.6 Å². The maximum absolute atomic E-state index is 5.73. The number of halogens is 1. The minimum Gasteiger partial charge on any atom is -0.379 e. The molecule has 7 heteroatoms. The van der Waals surface area contributed by atoms with Gasteiger partial charge in [0.15, 0.2) is 5.96 Å². The first kappa shape index (κ1) is 20.9. The lowest BCUT2D eigenvalue weighted by Gasteiger charge is -2.12. The molecule has 0 aromatic carbocycles. The van der Waals surface area contributed by atoms with E-state index in [1.54, 1.807) is 0 Å². The molecule has 1 saturated heterocycles. The van der Waals surface area contributed by atoms with Crippen molar-refractivity contribution < 1.29 is 14.2 Å². The van der Waals surface area contributed by atoms with Gasteiger partial charge in [0.2, 0.25) is 0 Å². The van der Waals surface area contributed by atoms with E-state index in [9.17, 15) is 0 Å². The molecule has 2 fully saturated rings. The van der Waals surface area contributed by atoms with Gasteiger partial charge in [0, 0.05) is 39.5 Å². The molecule has 0 aromatic heterocycles. The van der Waals surface area contributed by atoms with Crippen LogP contribution in [0.2, 0.25) is 0 Å². The zero-order chi connectivity index (χ0) is 15.5. The predicted molar refractivity (Wildman–Crippen MR) is 103 cm³/mol. The van der Waals surface area contributed by atoms with Crippen molar-refractivity contribution in [3.05, 3.63) is 0 Å². The second-order valence-electron chi connectivity index (χ2n) is 5.92. The maximum Gasteiger partial charge on any atom is 0.191 e. The second-order valence-corrected chi connectivity index (χ2v) is 5.92. The van der Waals surface area contributed by atoms with Gasteiger partial charge in [0.05, 0.1) is 19.3 Å². The molecule has 0 spiro atoms. The van der Waals surface area contributed by atoms with Gasteiger partial charge in [0.25, 0.3) is 0 Å². The summed E-state index contributed by atoms with van der Waals surface area (Å²) in [5.74, 6) is 1.69. The Balaban J connectivity index is 0.00000264. The molecule has 0 radical (unpaired) electrons. The van der Waals surface area contributed by atoms with Crippen molar-refractivity contribution in [2.24, 2.45) is 10.9 Å². The third-order valence-electron chi connectivity index (χ3n) is 3.75. The van der Waals surface area contributed by atoms with E-state index in [2.05, 4.69) is 22.5 Å². The number of hydrogen-bond acceptors (Lipinski definition) is 4. The highest BCUT2D eigenvalue weighted by Crippen LogP contribution is 2.28. The lowest BCUT2D eigenvalue weighted by atomic mass is 10.3. The van der Waals surface area contributed by atoms with Crippen LogP contribution in [0, 0.1) is 5.92 Å². The molecule has 1 aliphatic heterocycles. The van der Waals surface area contributed by atoms with Crippen molar-refractivity contribution in [1.29, 1.82) is 0 Å². The van der Waals surface area contributed by atoms with Gasteiger partial charge in [-0.3, -0.25) is 4.99 Å². The summed E-state index contributed by atoms with van der Waals surface area (Å²) in [6.07, 6.45) is 4.93. The van der Waals surface area contributed by atoms with Crippen LogP contribution in [0.25, 0.3) is 0 Å². The topological polar surface area (TPSA) is 64.1 Å². The second kappa shape index (κ2) is 13.2. The minimum absolute atomic E-state index is 0. The van der Waals surface area contributed by atoms with Crippen LogP contribution in [0.4, 0.5) is 0 Å². The van der Waals surface area contributed by atoms with Crippen LogP contribution >= 0.6 is 24.0 Å². The van der Waals surface area contributed by atoms with E-state index in [0.29, 0.717) is 6.10 Å². The van der Waals surface area contributed by atoms with Gasteiger partial charge in [-0.1, -0.05) is 0 Å². The number of nitrogens with one attached hydrogen (secondary N) is 2. The van der Waals surface area contributed by atoms with Gasteiger partial charge in [-0.2, -0.15) is 0 Å². The third-order valence-corrected chi connectivity index (χ3v) is 3.75. The molecule has 1 atom stereocenters. The van der Waals surface area contributed by atoms with Crippen LogP contribution in [0.1, 0.15) is 32.6 Å². The van der Waals surface area contributed by atoms with Gasteiger partial charge in [0.1, 0.15) is 0 Å². The Hall–Kier alpha value is -0.120. The van der Waals surface area contributed by atoms with E-state index in [4.69, 9.17) is 14.2 Å². The van der Waals surface area contributed by atoms with Gasteiger partial charge < -0.3 is 24.8 Å². The summed E-state index contributed by atoms with van der Waals surface area (Å²) in [4.78, 5) is 4.55. The van der Waals surface area contributed by atoms with E-state index in [1.165, 1.54) is 12.8 Å². The molecule has 2 aliphatic rings. The van der Waals surface area contributed by atoms with Crippen molar-refractivity contribution in [2.75, 3.05) is 52.7 Å². The summed E-state index contributed by atoms with van der Waals surface area (Å²) in [6.45, 7) is 8.49. The van der Waals surface area contributed by atoms with E-state index in [1.807, 2.05) is 0 Å². The lowest BCUT2D eigenvalue weighted by Crippen LogP contribution is -2.39. The van der Waals surface area contributed by atoms with Crippen LogP contribution in [0.5, 0.6) is 0 Å². The molecule has 2 N–H and O–H groups in total. The Labute approximate surface area is 157 Å². The first-order chi connectivity index (χ1) is 10.9. The molecular weight excluding hydrogens is 409 g/mol. The molecular formula is C16H32IN3O3. The van der Waals surface area contributed by atoms with Gasteiger partial charge in [-0.05, 0) is 38.5 Å². The minimum atomic E-state index is 0. The standard InChI is InChI=1S/C16H31N3O3.HI/c1-2-17-16(19-8-11-21-12-14-4-5-14)18-7-3-9-22-15-6-10-20-13-15;/h14-15H,2-13H2,1H3,(H2,17,18,19);1H. The van der Waals surface area contributed by atoms with Gasteiger partial charge in [-0.15, -0.1) is 24.0 Å². The Morgan fingerprint density at radius 1 is 1.22 bits per heavy atom. The van der Waals surface area contributed by atoms with Crippen LogP contribution in [-0.4, -0.2) is 64.7 Å². The fourth-order valence-corrected chi connectivity index (χ4v) is 2.27. The Morgan fingerprint density at radius 3 is 2.78 bits per heavy atom. The van der Waals surface area contributed by atoms with Crippen LogP contribution in [-0.2, 0) is 14.2 Å². The van der Waals surface area contributed by atoms with Crippen molar-refractivity contribution in [3.63, 3.8) is 0 Å².